The number of hydrogen-bond acceptors (Lipinski definition) is 6. The van der Waals surface area contributed by atoms with Gasteiger partial charge in [-0.15, -0.1) is 0 Å². The third kappa shape index (κ3) is 4.52. The van der Waals surface area contributed by atoms with Crippen molar-refractivity contribution in [2.75, 3.05) is 13.7 Å². The van der Waals surface area contributed by atoms with E-state index in [0.717, 1.165) is 31.3 Å². The molecule has 6 nitrogen and oxygen atoms in total. The van der Waals surface area contributed by atoms with E-state index in [0.29, 0.717) is 30.6 Å². The summed E-state index contributed by atoms with van der Waals surface area (Å²) in [6.07, 6.45) is 10.1. The third-order valence-electron chi connectivity index (χ3n) is 8.86. The Morgan fingerprint density at radius 2 is 1.94 bits per heavy atom. The summed E-state index contributed by atoms with van der Waals surface area (Å²) in [5, 5.41) is 29.2. The first kappa shape index (κ1) is 25.3. The molecule has 4 aliphatic carbocycles. The minimum Gasteiger partial charge on any atom is -0.393 e. The Bertz CT molecular complexity index is 793. The van der Waals surface area contributed by atoms with Gasteiger partial charge in [0, 0.05) is 24.9 Å². The van der Waals surface area contributed by atoms with Crippen LogP contribution < -0.4 is 0 Å². The van der Waals surface area contributed by atoms with Crippen LogP contribution in [0.1, 0.15) is 66.2 Å². The molecule has 0 bridgehead atoms. The summed E-state index contributed by atoms with van der Waals surface area (Å²) < 4.78 is 4.49. The summed E-state index contributed by atoms with van der Waals surface area (Å²) in [6.45, 7) is 7.14. The number of fused-ring (bicyclic) bond motifs is 5. The van der Waals surface area contributed by atoms with Gasteiger partial charge in [-0.3, -0.25) is 9.59 Å². The normalized spacial score (nSPS) is 40.4. The van der Waals surface area contributed by atoms with Gasteiger partial charge in [0.2, 0.25) is 0 Å². The number of ether oxygens (including phenoxy) is 1. The highest BCUT2D eigenvalue weighted by molar-refractivity contribution is 6.01. The SMILES string of the molecule is CC1CCC2C3CCC4=CC(=O)C=CC4(C)C3C(O)CC12CC(=O)CO.COC(C)(C)O. The summed E-state index contributed by atoms with van der Waals surface area (Å²) in [6, 6.07) is 0. The topological polar surface area (TPSA) is 104 Å². The van der Waals surface area contributed by atoms with Crippen molar-refractivity contribution in [3.05, 3.63) is 23.8 Å². The Hall–Kier alpha value is -1.34. The van der Waals surface area contributed by atoms with E-state index < -0.39 is 18.5 Å². The first-order chi connectivity index (χ1) is 14.9. The predicted octanol–water partition coefficient (Wildman–Crippen LogP) is 3.19. The molecule has 3 fully saturated rings. The molecule has 0 spiro atoms. The molecule has 0 aromatic carbocycles. The van der Waals surface area contributed by atoms with Crippen LogP contribution in [0.3, 0.4) is 0 Å². The van der Waals surface area contributed by atoms with Gasteiger partial charge in [-0.25, -0.2) is 0 Å². The molecule has 0 heterocycles. The molecule has 6 heteroatoms. The molecule has 0 radical (unpaired) electrons. The van der Waals surface area contributed by atoms with Crippen LogP contribution in [-0.4, -0.2) is 52.5 Å². The van der Waals surface area contributed by atoms with Crippen LogP contribution in [0.4, 0.5) is 0 Å². The number of allylic oxidation sites excluding steroid dienone is 4. The van der Waals surface area contributed by atoms with E-state index in [1.54, 1.807) is 26.0 Å². The molecule has 7 atom stereocenters. The molecule has 32 heavy (non-hydrogen) atoms. The van der Waals surface area contributed by atoms with Gasteiger partial charge in [-0.1, -0.05) is 25.5 Å². The van der Waals surface area contributed by atoms with Crippen LogP contribution in [0.25, 0.3) is 0 Å². The number of carbonyl (C=O) groups excluding carboxylic acids is 2. The predicted molar refractivity (Wildman–Crippen MR) is 122 cm³/mol. The van der Waals surface area contributed by atoms with Gasteiger partial charge in [0.25, 0.3) is 0 Å². The largest absolute Gasteiger partial charge is 0.393 e. The van der Waals surface area contributed by atoms with Crippen LogP contribution in [0.5, 0.6) is 0 Å². The molecule has 4 rings (SSSR count). The molecular formula is C26H40O6. The molecule has 0 saturated heterocycles. The van der Waals surface area contributed by atoms with Crippen molar-refractivity contribution in [3.63, 3.8) is 0 Å². The molecule has 0 aliphatic heterocycles. The maximum atomic E-state index is 12.2. The summed E-state index contributed by atoms with van der Waals surface area (Å²) in [4.78, 5) is 24.0. The zero-order valence-corrected chi connectivity index (χ0v) is 20.1. The van der Waals surface area contributed by atoms with Gasteiger partial charge in [0.15, 0.2) is 17.4 Å². The molecule has 4 aliphatic rings. The Labute approximate surface area is 191 Å². The number of hydrogen-bond donors (Lipinski definition) is 3. The Balaban J connectivity index is 0.000000427. The Morgan fingerprint density at radius 1 is 1.28 bits per heavy atom. The van der Waals surface area contributed by atoms with E-state index >= 15 is 0 Å². The van der Waals surface area contributed by atoms with E-state index in [-0.39, 0.29) is 28.3 Å². The standard InChI is InChI=1S/C22H30O4.C4H10O2/c1-13-3-6-18-17-5-4-14-9-15(24)7-8-21(14,2)20(17)19(26)11-22(13,18)10-16(25)12-23;1-4(2,5)6-3/h7-9,13,17-20,23,26H,3-6,10-12H2,1-2H3;5H,1-3H3. The summed E-state index contributed by atoms with van der Waals surface area (Å²) >= 11 is 0. The van der Waals surface area contributed by atoms with Crippen molar-refractivity contribution < 1.29 is 29.6 Å². The number of rotatable bonds is 4. The van der Waals surface area contributed by atoms with Crippen LogP contribution in [0.15, 0.2) is 23.8 Å². The average molecular weight is 449 g/mol. The Kier molecular flexibility index (Phi) is 7.21. The van der Waals surface area contributed by atoms with Crippen LogP contribution in [0, 0.1) is 34.5 Å². The number of aliphatic hydroxyl groups is 3. The number of Topliss-reactive ketones (excluding diaryl/α,β-unsaturated/α-hetero) is 1. The fourth-order valence-corrected chi connectivity index (χ4v) is 7.17. The van der Waals surface area contributed by atoms with Crippen LogP contribution >= 0.6 is 0 Å². The van der Waals surface area contributed by atoms with E-state index in [2.05, 4.69) is 18.6 Å². The zero-order valence-electron chi connectivity index (χ0n) is 20.1. The summed E-state index contributed by atoms with van der Waals surface area (Å²) in [5.41, 5.74) is 0.733. The lowest BCUT2D eigenvalue weighted by atomic mass is 9.46. The average Bonchev–Trinajstić information content (AvgIpc) is 3.03. The molecule has 0 amide bonds. The van der Waals surface area contributed by atoms with Crippen molar-refractivity contribution in [1.29, 1.82) is 0 Å². The molecule has 180 valence electrons. The second-order valence-electron chi connectivity index (χ2n) is 11.0. The van der Waals surface area contributed by atoms with Crippen LogP contribution in [-0.2, 0) is 14.3 Å². The lowest BCUT2D eigenvalue weighted by molar-refractivity contribution is -0.155. The highest BCUT2D eigenvalue weighted by atomic mass is 16.6. The highest BCUT2D eigenvalue weighted by Gasteiger charge is 2.62. The first-order valence-corrected chi connectivity index (χ1v) is 11.9. The quantitative estimate of drug-likeness (QED) is 0.571. The molecule has 3 N–H and O–H groups in total. The zero-order chi connectivity index (χ0) is 23.9. The second kappa shape index (κ2) is 9.13. The fraction of sp³-hybridized carbons (Fsp3) is 0.769. The molecular weight excluding hydrogens is 408 g/mol. The van der Waals surface area contributed by atoms with Gasteiger partial charge in [-0.05, 0) is 81.3 Å². The summed E-state index contributed by atoms with van der Waals surface area (Å²) in [5.74, 6) is 0.297. The Morgan fingerprint density at radius 3 is 2.53 bits per heavy atom. The van der Waals surface area contributed by atoms with Crippen molar-refractivity contribution in [3.8, 4) is 0 Å². The smallest absolute Gasteiger partial charge is 0.178 e. The maximum absolute atomic E-state index is 12.2. The number of ketones is 2. The van der Waals surface area contributed by atoms with Crippen molar-refractivity contribution >= 4 is 11.6 Å². The maximum Gasteiger partial charge on any atom is 0.178 e. The van der Waals surface area contributed by atoms with Crippen molar-refractivity contribution in [1.82, 2.24) is 0 Å². The van der Waals surface area contributed by atoms with Crippen molar-refractivity contribution in [2.45, 2.75) is 78.1 Å². The monoisotopic (exact) mass is 448 g/mol. The van der Waals surface area contributed by atoms with Gasteiger partial charge in [0.1, 0.15) is 6.61 Å². The fourth-order valence-electron chi connectivity index (χ4n) is 7.17. The number of aliphatic hydroxyl groups excluding tert-OH is 2. The minimum absolute atomic E-state index is 0.0543. The minimum atomic E-state index is -0.958. The third-order valence-corrected chi connectivity index (χ3v) is 8.86. The van der Waals surface area contributed by atoms with Gasteiger partial charge >= 0.3 is 0 Å². The lowest BCUT2D eigenvalue weighted by Crippen LogP contribution is -2.57. The van der Waals surface area contributed by atoms with E-state index in [9.17, 15) is 19.8 Å². The molecule has 0 aromatic rings. The highest BCUT2D eigenvalue weighted by Crippen LogP contribution is 2.67. The van der Waals surface area contributed by atoms with Crippen LogP contribution in [0.2, 0.25) is 0 Å². The number of methoxy groups -OCH3 is 1. The molecule has 0 aromatic heterocycles. The lowest BCUT2D eigenvalue weighted by Gasteiger charge is -2.59. The second-order valence-corrected chi connectivity index (χ2v) is 11.0. The first-order valence-electron chi connectivity index (χ1n) is 11.9. The van der Waals surface area contributed by atoms with Gasteiger partial charge in [-0.2, -0.15) is 0 Å². The van der Waals surface area contributed by atoms with E-state index in [1.807, 2.05) is 6.08 Å². The van der Waals surface area contributed by atoms with E-state index in [1.165, 1.54) is 7.11 Å². The van der Waals surface area contributed by atoms with E-state index in [4.69, 9.17) is 5.11 Å². The van der Waals surface area contributed by atoms with Gasteiger partial charge < -0.3 is 20.1 Å². The molecule has 3 saturated carbocycles. The molecule has 7 unspecified atom stereocenters. The summed E-state index contributed by atoms with van der Waals surface area (Å²) in [7, 11) is 1.46. The van der Waals surface area contributed by atoms with Gasteiger partial charge in [0.05, 0.1) is 6.10 Å². The number of carbonyl (C=O) groups is 2. The van der Waals surface area contributed by atoms with Crippen molar-refractivity contribution in [2.24, 2.45) is 34.5 Å².